The van der Waals surface area contributed by atoms with Gasteiger partial charge in [-0.15, -0.1) is 0 Å². The number of carbonyl (C=O) groups excluding carboxylic acids is 2. The Morgan fingerprint density at radius 1 is 0.578 bits per heavy atom. The summed E-state index contributed by atoms with van der Waals surface area (Å²) in [5.74, 6) is 0.658. The monoisotopic (exact) mass is 868 g/mol. The normalized spacial score (nSPS) is 12.7. The van der Waals surface area contributed by atoms with Gasteiger partial charge in [-0.05, 0) is 114 Å². The van der Waals surface area contributed by atoms with Gasteiger partial charge in [0.15, 0.2) is 0 Å². The molecular weight excluding hydrogens is 813 g/mol. The van der Waals surface area contributed by atoms with Crippen LogP contribution in [0.5, 0.6) is 11.5 Å². The molecule has 0 amide bonds. The molecule has 4 aromatic carbocycles. The molecule has 2 unspecified atom stereocenters. The highest BCUT2D eigenvalue weighted by atomic mass is 16.6. The number of hydrogen-bond acceptors (Lipinski definition) is 13. The molecule has 0 saturated carbocycles. The molecule has 6 rings (SSSR count). The van der Waals surface area contributed by atoms with Gasteiger partial charge in [0.1, 0.15) is 48.1 Å². The Morgan fingerprint density at radius 2 is 1.00 bits per heavy atom. The summed E-state index contributed by atoms with van der Waals surface area (Å²) in [5, 5.41) is 8.36. The molecule has 13 nitrogen and oxygen atoms in total. The van der Waals surface area contributed by atoms with E-state index in [-0.39, 0.29) is 12.8 Å². The first-order valence-electron chi connectivity index (χ1n) is 21.7. The topological polar surface area (TPSA) is 157 Å². The maximum Gasteiger partial charge on any atom is 0.322 e. The Labute approximate surface area is 374 Å². The van der Waals surface area contributed by atoms with Crippen LogP contribution in [0.3, 0.4) is 0 Å². The van der Waals surface area contributed by atoms with Crippen LogP contribution in [0.4, 0.5) is 0 Å². The predicted molar refractivity (Wildman–Crippen MR) is 244 cm³/mol. The van der Waals surface area contributed by atoms with Crippen molar-refractivity contribution in [1.29, 1.82) is 0 Å². The lowest BCUT2D eigenvalue weighted by atomic mass is 9.94. The van der Waals surface area contributed by atoms with Crippen LogP contribution in [-0.2, 0) is 49.7 Å². The third kappa shape index (κ3) is 13.2. The summed E-state index contributed by atoms with van der Waals surface area (Å²) in [6, 6.07) is 34.4. The van der Waals surface area contributed by atoms with E-state index in [1.54, 1.807) is 20.8 Å². The van der Waals surface area contributed by atoms with Crippen molar-refractivity contribution in [2.24, 2.45) is 22.1 Å². The zero-order valence-corrected chi connectivity index (χ0v) is 37.4. The standard InChI is InChI=1S/C51H56N4O9/c1-7-29-61-55-35(4)45(33-39-21-25-43(26-22-39)59-31-28-47-37(6)63-49(53-47)41-17-13-10-14-18-41)51(57)64-50(56)44(34(3)54-60-8-2)32-38-19-23-42(24-20-38)58-30-27-46-36(5)62-48(52-46)40-15-11-9-12-16-40/h9-26,44-45H,7-8,27-33H2,1-6H3. The highest BCUT2D eigenvalue weighted by Crippen LogP contribution is 2.25. The molecule has 2 atom stereocenters. The Hall–Kier alpha value is -7.02. The fourth-order valence-electron chi connectivity index (χ4n) is 6.75. The van der Waals surface area contributed by atoms with E-state index in [0.29, 0.717) is 74.0 Å². The number of benzene rings is 4. The largest absolute Gasteiger partial charge is 0.493 e. The van der Waals surface area contributed by atoms with Crippen molar-refractivity contribution in [2.75, 3.05) is 26.4 Å². The molecule has 6 aromatic rings. The van der Waals surface area contributed by atoms with Crippen molar-refractivity contribution in [3.05, 3.63) is 143 Å². The van der Waals surface area contributed by atoms with Crippen LogP contribution >= 0.6 is 0 Å². The van der Waals surface area contributed by atoms with E-state index in [0.717, 1.165) is 51.6 Å². The van der Waals surface area contributed by atoms with E-state index < -0.39 is 23.8 Å². The summed E-state index contributed by atoms with van der Waals surface area (Å²) in [5.41, 5.74) is 5.88. The highest BCUT2D eigenvalue weighted by molar-refractivity contribution is 6.08. The number of carbonyl (C=O) groups is 2. The van der Waals surface area contributed by atoms with Gasteiger partial charge in [0.2, 0.25) is 11.8 Å². The molecule has 0 aliphatic rings. The van der Waals surface area contributed by atoms with Crippen LogP contribution in [0.1, 0.15) is 68.2 Å². The van der Waals surface area contributed by atoms with E-state index in [1.165, 1.54) is 0 Å². The Bertz CT molecular complexity index is 2460. The first kappa shape index (κ1) is 46.5. The summed E-state index contributed by atoms with van der Waals surface area (Å²) in [4.78, 5) is 47.9. The molecule has 0 aliphatic heterocycles. The fourth-order valence-corrected chi connectivity index (χ4v) is 6.75. The van der Waals surface area contributed by atoms with Gasteiger partial charge in [0, 0.05) is 24.0 Å². The molecular formula is C51H56N4O9. The molecule has 0 bridgehead atoms. The summed E-state index contributed by atoms with van der Waals surface area (Å²) >= 11 is 0. The van der Waals surface area contributed by atoms with Gasteiger partial charge in [-0.25, -0.2) is 9.97 Å². The van der Waals surface area contributed by atoms with Crippen LogP contribution in [0.25, 0.3) is 22.9 Å². The van der Waals surface area contributed by atoms with Gasteiger partial charge in [-0.1, -0.05) is 77.9 Å². The van der Waals surface area contributed by atoms with E-state index in [1.807, 2.05) is 130 Å². The van der Waals surface area contributed by atoms with Crippen molar-refractivity contribution in [3.8, 4) is 34.4 Å². The number of ether oxygens (including phenoxy) is 3. The molecule has 0 spiro atoms. The highest BCUT2D eigenvalue weighted by Gasteiger charge is 2.32. The summed E-state index contributed by atoms with van der Waals surface area (Å²) < 4.78 is 29.5. The van der Waals surface area contributed by atoms with E-state index in [2.05, 4.69) is 20.3 Å². The molecule has 0 saturated heterocycles. The molecule has 334 valence electrons. The molecule has 13 heteroatoms. The lowest BCUT2D eigenvalue weighted by molar-refractivity contribution is -0.162. The molecule has 2 aromatic heterocycles. The molecule has 2 heterocycles. The van der Waals surface area contributed by atoms with E-state index in [4.69, 9.17) is 32.7 Å². The van der Waals surface area contributed by atoms with Gasteiger partial charge < -0.3 is 32.7 Å². The smallest absolute Gasteiger partial charge is 0.322 e. The van der Waals surface area contributed by atoms with Crippen molar-refractivity contribution in [3.63, 3.8) is 0 Å². The lowest BCUT2D eigenvalue weighted by Gasteiger charge is -2.19. The molecule has 0 radical (unpaired) electrons. The average Bonchev–Trinajstić information content (AvgIpc) is 3.88. The Morgan fingerprint density at radius 3 is 1.41 bits per heavy atom. The van der Waals surface area contributed by atoms with Gasteiger partial charge in [-0.2, -0.15) is 0 Å². The van der Waals surface area contributed by atoms with Gasteiger partial charge >= 0.3 is 11.9 Å². The van der Waals surface area contributed by atoms with Crippen LogP contribution < -0.4 is 9.47 Å². The lowest BCUT2D eigenvalue weighted by Crippen LogP contribution is -2.34. The maximum absolute atomic E-state index is 13.9. The number of hydrogen-bond donors (Lipinski definition) is 0. The van der Waals surface area contributed by atoms with Gasteiger partial charge in [0.05, 0.1) is 36.0 Å². The Kier molecular flexibility index (Phi) is 17.0. The number of oxazole rings is 2. The predicted octanol–water partition coefficient (Wildman–Crippen LogP) is 10.2. The third-order valence-corrected chi connectivity index (χ3v) is 10.4. The minimum Gasteiger partial charge on any atom is -0.493 e. The fraction of sp³-hybridized carbons (Fsp3) is 0.333. The molecule has 0 aliphatic carbocycles. The maximum atomic E-state index is 13.9. The first-order valence-corrected chi connectivity index (χ1v) is 21.7. The second kappa shape index (κ2) is 23.4. The number of oxime groups is 2. The van der Waals surface area contributed by atoms with Crippen molar-refractivity contribution >= 4 is 23.4 Å². The minimum atomic E-state index is -0.909. The zero-order chi connectivity index (χ0) is 45.3. The second-order valence-corrected chi connectivity index (χ2v) is 15.2. The van der Waals surface area contributed by atoms with Crippen molar-refractivity contribution in [2.45, 2.75) is 73.6 Å². The van der Waals surface area contributed by atoms with Crippen molar-refractivity contribution < 1.29 is 42.3 Å². The third-order valence-electron chi connectivity index (χ3n) is 10.4. The second-order valence-electron chi connectivity index (χ2n) is 15.2. The number of aromatic nitrogens is 2. The summed E-state index contributed by atoms with van der Waals surface area (Å²) in [6.07, 6.45) is 2.29. The van der Waals surface area contributed by atoms with E-state index >= 15 is 0 Å². The van der Waals surface area contributed by atoms with Crippen LogP contribution in [0.2, 0.25) is 0 Å². The van der Waals surface area contributed by atoms with Crippen LogP contribution in [0, 0.1) is 25.7 Å². The zero-order valence-electron chi connectivity index (χ0n) is 37.4. The van der Waals surface area contributed by atoms with Gasteiger partial charge in [0.25, 0.3) is 0 Å². The number of esters is 2. The van der Waals surface area contributed by atoms with Crippen LogP contribution in [0.15, 0.2) is 128 Å². The van der Waals surface area contributed by atoms with Crippen LogP contribution in [-0.4, -0.2) is 59.8 Å². The average molecular weight is 869 g/mol. The number of nitrogens with zero attached hydrogens (tertiary/aromatic N) is 4. The van der Waals surface area contributed by atoms with Crippen molar-refractivity contribution in [1.82, 2.24) is 9.97 Å². The van der Waals surface area contributed by atoms with E-state index in [9.17, 15) is 9.59 Å². The Balaban J connectivity index is 1.06. The number of aryl methyl sites for hydroxylation is 2. The summed E-state index contributed by atoms with van der Waals surface area (Å²) in [7, 11) is 0. The van der Waals surface area contributed by atoms with Gasteiger partial charge in [-0.3, -0.25) is 9.59 Å². The molecule has 0 fully saturated rings. The SMILES string of the molecule is CCCON=C(C)C(Cc1ccc(OCCc2nc(-c3ccccc3)oc2C)cc1)C(=O)OC(=O)C(Cc1ccc(OCCc2nc(-c3ccccc3)oc2C)cc1)C(C)=NOCC. The number of rotatable bonds is 23. The molecule has 64 heavy (non-hydrogen) atoms. The minimum absolute atomic E-state index is 0.207. The quantitative estimate of drug-likeness (QED) is 0.0198. The molecule has 0 N–H and O–H groups in total. The first-order chi connectivity index (χ1) is 31.1. The summed E-state index contributed by atoms with van der Waals surface area (Å²) in [6.45, 7) is 12.4.